The molecule has 132 valence electrons. The summed E-state index contributed by atoms with van der Waals surface area (Å²) in [5, 5.41) is 3.08. The summed E-state index contributed by atoms with van der Waals surface area (Å²) in [4.78, 5) is 4.45. The van der Waals surface area contributed by atoms with Crippen LogP contribution >= 0.6 is 0 Å². The Hall–Kier alpha value is -2.63. The van der Waals surface area contributed by atoms with Gasteiger partial charge in [-0.3, -0.25) is 0 Å². The lowest BCUT2D eigenvalue weighted by atomic mass is 10.1. The first kappa shape index (κ1) is 17.2. The summed E-state index contributed by atoms with van der Waals surface area (Å²) in [6.45, 7) is 1.24. The molecule has 4 nitrogen and oxygen atoms in total. The minimum absolute atomic E-state index is 0.0264. The van der Waals surface area contributed by atoms with Crippen LogP contribution in [-0.4, -0.2) is 18.6 Å². The number of ether oxygens (including phenoxy) is 1. The molecule has 0 spiro atoms. The van der Waals surface area contributed by atoms with Crippen LogP contribution < -0.4 is 15.8 Å². The third kappa shape index (κ3) is 4.26. The summed E-state index contributed by atoms with van der Waals surface area (Å²) in [6, 6.07) is 12.8. The van der Waals surface area contributed by atoms with Crippen molar-refractivity contribution in [2.24, 2.45) is 10.7 Å². The largest absolute Gasteiger partial charge is 0.435 e. The second-order valence-electron chi connectivity index (χ2n) is 6.26. The summed E-state index contributed by atoms with van der Waals surface area (Å²) in [5.74, 6) is 0.582. The molecule has 0 bridgehead atoms. The van der Waals surface area contributed by atoms with Crippen molar-refractivity contribution < 1.29 is 13.5 Å². The molecule has 2 atom stereocenters. The highest BCUT2D eigenvalue weighted by Crippen LogP contribution is 2.47. The number of nitrogens with two attached hydrogens (primary N) is 1. The third-order valence-corrected chi connectivity index (χ3v) is 4.38. The number of hydrogen-bond donors (Lipinski definition) is 2. The second kappa shape index (κ2) is 7.09. The number of benzene rings is 2. The Labute approximate surface area is 145 Å². The molecule has 25 heavy (non-hydrogen) atoms. The maximum atomic E-state index is 12.5. The normalized spacial score (nSPS) is 19.8. The van der Waals surface area contributed by atoms with Gasteiger partial charge in [-0.2, -0.15) is 8.78 Å². The summed E-state index contributed by atoms with van der Waals surface area (Å²) in [6.07, 6.45) is 0.763. The van der Waals surface area contributed by atoms with E-state index in [1.165, 1.54) is 11.1 Å². The summed E-state index contributed by atoms with van der Waals surface area (Å²) in [7, 11) is 0. The standard InChI is InChI=1S/C19H21F2N3O/c1-11-7-8-13(9-12(11)2)23-19(22)24-16-10-15(16)14-5-3-4-6-17(14)25-18(20)21/h3-9,15-16,18H,10H2,1-2H3,(H3,22,23,24)/t15-,16+/m1/s1. The maximum absolute atomic E-state index is 12.5. The van der Waals surface area contributed by atoms with Gasteiger partial charge in [0.25, 0.3) is 0 Å². The Morgan fingerprint density at radius 1 is 1.20 bits per heavy atom. The van der Waals surface area contributed by atoms with Crippen molar-refractivity contribution >= 4 is 11.6 Å². The molecule has 0 amide bonds. The molecule has 0 unspecified atom stereocenters. The van der Waals surface area contributed by atoms with E-state index in [1.54, 1.807) is 18.2 Å². The Balaban J connectivity index is 1.67. The molecule has 1 fully saturated rings. The van der Waals surface area contributed by atoms with E-state index in [9.17, 15) is 8.78 Å². The van der Waals surface area contributed by atoms with Crippen molar-refractivity contribution in [3.8, 4) is 5.75 Å². The van der Waals surface area contributed by atoms with Gasteiger partial charge < -0.3 is 15.8 Å². The number of hydrogen-bond acceptors (Lipinski definition) is 2. The molecule has 0 aromatic heterocycles. The molecule has 1 saturated carbocycles. The Morgan fingerprint density at radius 2 is 1.96 bits per heavy atom. The predicted octanol–water partition coefficient (Wildman–Crippen LogP) is 4.19. The molecule has 0 aliphatic heterocycles. The van der Waals surface area contributed by atoms with Gasteiger partial charge in [-0.25, -0.2) is 4.99 Å². The SMILES string of the molecule is Cc1ccc(NC(N)=N[C@H]2C[C@@H]2c2ccccc2OC(F)F)cc1C. The molecule has 6 heteroatoms. The lowest BCUT2D eigenvalue weighted by molar-refractivity contribution is -0.0504. The first-order valence-corrected chi connectivity index (χ1v) is 8.15. The van der Waals surface area contributed by atoms with Crippen LogP contribution in [0.2, 0.25) is 0 Å². The Bertz CT molecular complexity index is 792. The van der Waals surface area contributed by atoms with E-state index in [0.29, 0.717) is 5.96 Å². The topological polar surface area (TPSA) is 59.6 Å². The second-order valence-corrected chi connectivity index (χ2v) is 6.26. The molecule has 0 heterocycles. The number of anilines is 1. The van der Waals surface area contributed by atoms with Gasteiger partial charge in [0.1, 0.15) is 5.75 Å². The zero-order valence-electron chi connectivity index (χ0n) is 14.2. The monoisotopic (exact) mass is 345 g/mol. The molecule has 1 aliphatic carbocycles. The van der Waals surface area contributed by atoms with Gasteiger partial charge in [0.15, 0.2) is 5.96 Å². The van der Waals surface area contributed by atoms with Crippen LogP contribution in [0, 0.1) is 13.8 Å². The number of para-hydroxylation sites is 1. The molecule has 1 aliphatic rings. The van der Waals surface area contributed by atoms with E-state index < -0.39 is 6.61 Å². The smallest absolute Gasteiger partial charge is 0.387 e. The van der Waals surface area contributed by atoms with Crippen LogP contribution in [0.1, 0.15) is 29.0 Å². The number of aliphatic imine (C=N–C) groups is 1. The van der Waals surface area contributed by atoms with Crippen LogP contribution in [0.25, 0.3) is 0 Å². The van der Waals surface area contributed by atoms with E-state index in [0.717, 1.165) is 17.7 Å². The van der Waals surface area contributed by atoms with Crippen molar-refractivity contribution in [3.05, 3.63) is 59.2 Å². The lowest BCUT2D eigenvalue weighted by Gasteiger charge is -2.10. The van der Waals surface area contributed by atoms with Crippen molar-refractivity contribution in [1.82, 2.24) is 0 Å². The van der Waals surface area contributed by atoms with Crippen LogP contribution in [0.5, 0.6) is 5.75 Å². The molecule has 2 aromatic carbocycles. The van der Waals surface area contributed by atoms with E-state index in [1.807, 2.05) is 38.1 Å². The first-order valence-electron chi connectivity index (χ1n) is 8.15. The van der Waals surface area contributed by atoms with Gasteiger partial charge >= 0.3 is 6.61 Å². The van der Waals surface area contributed by atoms with Gasteiger partial charge in [0.2, 0.25) is 0 Å². The highest BCUT2D eigenvalue weighted by molar-refractivity contribution is 5.92. The Morgan fingerprint density at radius 3 is 2.68 bits per heavy atom. The average Bonchev–Trinajstić information content (AvgIpc) is 3.29. The first-order chi connectivity index (χ1) is 11.9. The number of nitrogens with one attached hydrogen (secondary N) is 1. The highest BCUT2D eigenvalue weighted by atomic mass is 19.3. The predicted molar refractivity (Wildman–Crippen MR) is 95.4 cm³/mol. The van der Waals surface area contributed by atoms with Gasteiger partial charge in [-0.15, -0.1) is 0 Å². The van der Waals surface area contributed by atoms with Crippen molar-refractivity contribution in [2.45, 2.75) is 38.8 Å². The number of halogens is 2. The van der Waals surface area contributed by atoms with Crippen LogP contribution in [0.3, 0.4) is 0 Å². The summed E-state index contributed by atoms with van der Waals surface area (Å²) < 4.78 is 29.6. The number of rotatable bonds is 5. The molecule has 2 aromatic rings. The lowest BCUT2D eigenvalue weighted by Crippen LogP contribution is -2.23. The quantitative estimate of drug-likeness (QED) is 0.631. The van der Waals surface area contributed by atoms with Gasteiger partial charge in [-0.05, 0) is 55.2 Å². The van der Waals surface area contributed by atoms with Gasteiger partial charge in [-0.1, -0.05) is 24.3 Å². The zero-order valence-corrected chi connectivity index (χ0v) is 14.2. The Kier molecular flexibility index (Phi) is 4.88. The van der Waals surface area contributed by atoms with Crippen molar-refractivity contribution in [3.63, 3.8) is 0 Å². The summed E-state index contributed by atoms with van der Waals surface area (Å²) >= 11 is 0. The van der Waals surface area contributed by atoms with Crippen LogP contribution in [-0.2, 0) is 0 Å². The zero-order chi connectivity index (χ0) is 18.0. The average molecular weight is 345 g/mol. The van der Waals surface area contributed by atoms with E-state index in [4.69, 9.17) is 5.73 Å². The van der Waals surface area contributed by atoms with Gasteiger partial charge in [0.05, 0.1) is 6.04 Å². The molecule has 0 radical (unpaired) electrons. The van der Waals surface area contributed by atoms with E-state index in [2.05, 4.69) is 15.0 Å². The molecule has 0 saturated heterocycles. The van der Waals surface area contributed by atoms with Crippen molar-refractivity contribution in [1.29, 1.82) is 0 Å². The molecule has 3 N–H and O–H groups in total. The number of alkyl halides is 2. The highest BCUT2D eigenvalue weighted by Gasteiger charge is 2.40. The fourth-order valence-electron chi connectivity index (χ4n) is 2.83. The summed E-state index contributed by atoms with van der Waals surface area (Å²) in [5.41, 5.74) is 9.98. The van der Waals surface area contributed by atoms with Gasteiger partial charge in [0, 0.05) is 11.6 Å². The third-order valence-electron chi connectivity index (χ3n) is 4.38. The fourth-order valence-corrected chi connectivity index (χ4v) is 2.83. The van der Waals surface area contributed by atoms with E-state index in [-0.39, 0.29) is 17.7 Å². The van der Waals surface area contributed by atoms with Crippen molar-refractivity contribution in [2.75, 3.05) is 5.32 Å². The van der Waals surface area contributed by atoms with Crippen LogP contribution in [0.15, 0.2) is 47.5 Å². The number of guanidine groups is 1. The van der Waals surface area contributed by atoms with Crippen LogP contribution in [0.4, 0.5) is 14.5 Å². The van der Waals surface area contributed by atoms with E-state index >= 15 is 0 Å². The molecular weight excluding hydrogens is 324 g/mol. The fraction of sp³-hybridized carbons (Fsp3) is 0.316. The minimum Gasteiger partial charge on any atom is -0.435 e. The number of nitrogens with zero attached hydrogens (tertiary/aromatic N) is 1. The maximum Gasteiger partial charge on any atom is 0.387 e. The number of aryl methyl sites for hydroxylation is 2. The minimum atomic E-state index is -2.83. The molecular formula is C19H21F2N3O. The molecule has 3 rings (SSSR count).